The molecule has 10 heteroatoms. The van der Waals surface area contributed by atoms with Crippen molar-refractivity contribution in [1.29, 1.82) is 0 Å². The van der Waals surface area contributed by atoms with Crippen molar-refractivity contribution >= 4 is 23.4 Å². The highest BCUT2D eigenvalue weighted by atomic mass is 19.1. The molecule has 2 amide bonds. The van der Waals surface area contributed by atoms with Crippen molar-refractivity contribution in [3.63, 3.8) is 0 Å². The van der Waals surface area contributed by atoms with Gasteiger partial charge in [0.1, 0.15) is 17.1 Å². The first-order chi connectivity index (χ1) is 14.1. The monoisotopic (exact) mass is 412 g/mol. The largest absolute Gasteiger partial charge is 0.444 e. The van der Waals surface area contributed by atoms with Gasteiger partial charge in [0, 0.05) is 16.9 Å². The van der Waals surface area contributed by atoms with E-state index in [-0.39, 0.29) is 5.69 Å². The lowest BCUT2D eigenvalue weighted by Crippen LogP contribution is -2.27. The van der Waals surface area contributed by atoms with Crippen LogP contribution in [-0.4, -0.2) is 37.8 Å². The van der Waals surface area contributed by atoms with Gasteiger partial charge in [-0.05, 0) is 74.5 Å². The van der Waals surface area contributed by atoms with Crippen molar-refractivity contribution < 1.29 is 18.7 Å². The molecule has 0 saturated heterocycles. The Labute approximate surface area is 172 Å². The molecule has 2 aromatic carbocycles. The average Bonchev–Trinajstić information content (AvgIpc) is 3.07. The molecule has 1 aromatic heterocycles. The first kappa shape index (κ1) is 20.9. The van der Waals surface area contributed by atoms with Crippen LogP contribution in [0.3, 0.4) is 0 Å². The van der Waals surface area contributed by atoms with Crippen LogP contribution < -0.4 is 10.6 Å². The predicted octanol–water partition coefficient (Wildman–Crippen LogP) is 3.71. The molecule has 0 bridgehead atoms. The molecule has 0 aliphatic carbocycles. The Balaban J connectivity index is 1.75. The highest BCUT2D eigenvalue weighted by molar-refractivity contribution is 6.05. The third-order valence-electron chi connectivity index (χ3n) is 3.83. The third kappa shape index (κ3) is 5.16. The van der Waals surface area contributed by atoms with Crippen LogP contribution in [0, 0.1) is 12.7 Å². The molecule has 0 fully saturated rings. The molecule has 0 atom stereocenters. The Hall–Kier alpha value is -3.82. The fourth-order valence-corrected chi connectivity index (χ4v) is 2.57. The summed E-state index contributed by atoms with van der Waals surface area (Å²) >= 11 is 0. The van der Waals surface area contributed by atoms with E-state index in [1.165, 1.54) is 28.9 Å². The second kappa shape index (κ2) is 8.27. The zero-order chi connectivity index (χ0) is 21.9. The molecule has 0 spiro atoms. The number of carbonyl (C=O) groups excluding carboxylic acids is 2. The van der Waals surface area contributed by atoms with Gasteiger partial charge in [-0.25, -0.2) is 9.18 Å². The SMILES string of the molecule is Cc1nnnn1-c1cc(NC(=O)c2cccc(NC(=O)OC(C)(C)C)c2)ccc1F. The lowest BCUT2D eigenvalue weighted by molar-refractivity contribution is 0.0635. The van der Waals surface area contributed by atoms with Crippen molar-refractivity contribution in [1.82, 2.24) is 20.2 Å². The van der Waals surface area contributed by atoms with Crippen LogP contribution in [0.25, 0.3) is 5.69 Å². The first-order valence-corrected chi connectivity index (χ1v) is 9.09. The summed E-state index contributed by atoms with van der Waals surface area (Å²) in [7, 11) is 0. The average molecular weight is 412 g/mol. The molecule has 3 aromatic rings. The van der Waals surface area contributed by atoms with Gasteiger partial charge in [0.2, 0.25) is 0 Å². The second-order valence-corrected chi connectivity index (χ2v) is 7.47. The number of hydrogen-bond acceptors (Lipinski definition) is 6. The molecule has 0 aliphatic rings. The topological polar surface area (TPSA) is 111 Å². The van der Waals surface area contributed by atoms with E-state index in [1.54, 1.807) is 45.9 Å². The Morgan fingerprint density at radius 2 is 1.80 bits per heavy atom. The summed E-state index contributed by atoms with van der Waals surface area (Å²) in [6.45, 7) is 6.90. The van der Waals surface area contributed by atoms with E-state index in [0.717, 1.165) is 0 Å². The van der Waals surface area contributed by atoms with Gasteiger partial charge in [0.25, 0.3) is 5.91 Å². The number of carbonyl (C=O) groups is 2. The normalized spacial score (nSPS) is 11.1. The van der Waals surface area contributed by atoms with Gasteiger partial charge in [-0.3, -0.25) is 10.1 Å². The van der Waals surface area contributed by atoms with E-state index >= 15 is 0 Å². The number of anilines is 2. The Morgan fingerprint density at radius 1 is 1.07 bits per heavy atom. The molecule has 30 heavy (non-hydrogen) atoms. The van der Waals surface area contributed by atoms with Crippen molar-refractivity contribution in [3.05, 3.63) is 59.7 Å². The van der Waals surface area contributed by atoms with Crippen molar-refractivity contribution in [3.8, 4) is 5.69 Å². The van der Waals surface area contributed by atoms with E-state index in [9.17, 15) is 14.0 Å². The number of amides is 2. The summed E-state index contributed by atoms with van der Waals surface area (Å²) in [5.41, 5.74) is 0.527. The molecule has 0 unspecified atom stereocenters. The zero-order valence-electron chi connectivity index (χ0n) is 16.9. The van der Waals surface area contributed by atoms with E-state index in [1.807, 2.05) is 0 Å². The molecule has 9 nitrogen and oxygen atoms in total. The van der Waals surface area contributed by atoms with Gasteiger partial charge in [-0.1, -0.05) is 6.07 Å². The highest BCUT2D eigenvalue weighted by Gasteiger charge is 2.17. The van der Waals surface area contributed by atoms with E-state index < -0.39 is 23.4 Å². The van der Waals surface area contributed by atoms with Crippen molar-refractivity contribution in [2.75, 3.05) is 10.6 Å². The number of aromatic nitrogens is 4. The lowest BCUT2D eigenvalue weighted by atomic mass is 10.1. The number of aryl methyl sites for hydroxylation is 1. The number of ether oxygens (including phenoxy) is 1. The molecule has 0 radical (unpaired) electrons. The minimum absolute atomic E-state index is 0.107. The van der Waals surface area contributed by atoms with Crippen molar-refractivity contribution in [2.45, 2.75) is 33.3 Å². The van der Waals surface area contributed by atoms with Gasteiger partial charge < -0.3 is 10.1 Å². The Morgan fingerprint density at radius 3 is 2.47 bits per heavy atom. The van der Waals surface area contributed by atoms with Crippen molar-refractivity contribution in [2.24, 2.45) is 0 Å². The van der Waals surface area contributed by atoms with E-state index in [0.29, 0.717) is 22.8 Å². The quantitative estimate of drug-likeness (QED) is 0.676. The lowest BCUT2D eigenvalue weighted by Gasteiger charge is -2.19. The highest BCUT2D eigenvalue weighted by Crippen LogP contribution is 2.20. The smallest absolute Gasteiger partial charge is 0.412 e. The van der Waals surface area contributed by atoms with Gasteiger partial charge in [-0.2, -0.15) is 4.68 Å². The van der Waals surface area contributed by atoms with Crippen LogP contribution in [-0.2, 0) is 4.74 Å². The van der Waals surface area contributed by atoms with E-state index in [2.05, 4.69) is 26.2 Å². The number of hydrogen-bond donors (Lipinski definition) is 2. The molecule has 3 rings (SSSR count). The van der Waals surface area contributed by atoms with E-state index in [4.69, 9.17) is 4.74 Å². The van der Waals surface area contributed by atoms with Gasteiger partial charge in [0.05, 0.1) is 0 Å². The summed E-state index contributed by atoms with van der Waals surface area (Å²) in [6.07, 6.45) is -0.625. The summed E-state index contributed by atoms with van der Waals surface area (Å²) in [4.78, 5) is 24.6. The number of nitrogens with one attached hydrogen (secondary N) is 2. The summed E-state index contributed by atoms with van der Waals surface area (Å²) in [5, 5.41) is 16.2. The molecular formula is C20H21FN6O3. The first-order valence-electron chi connectivity index (χ1n) is 9.09. The maximum atomic E-state index is 14.2. The van der Waals surface area contributed by atoms with Crippen LogP contribution in [0.5, 0.6) is 0 Å². The fourth-order valence-electron chi connectivity index (χ4n) is 2.57. The predicted molar refractivity (Wildman–Crippen MR) is 108 cm³/mol. The minimum Gasteiger partial charge on any atom is -0.444 e. The third-order valence-corrected chi connectivity index (χ3v) is 3.83. The van der Waals surface area contributed by atoms with Crippen LogP contribution in [0.2, 0.25) is 0 Å². The molecule has 2 N–H and O–H groups in total. The van der Waals surface area contributed by atoms with Crippen LogP contribution >= 0.6 is 0 Å². The molecule has 0 aliphatic heterocycles. The van der Waals surface area contributed by atoms with Gasteiger partial charge in [-0.15, -0.1) is 5.10 Å². The molecule has 0 saturated carbocycles. The summed E-state index contributed by atoms with van der Waals surface area (Å²) in [5.74, 6) is -0.570. The number of rotatable bonds is 4. The second-order valence-electron chi connectivity index (χ2n) is 7.47. The number of halogens is 1. The number of nitrogens with zero attached hydrogens (tertiary/aromatic N) is 4. The fraction of sp³-hybridized carbons (Fsp3) is 0.250. The number of tetrazole rings is 1. The maximum absolute atomic E-state index is 14.2. The van der Waals surface area contributed by atoms with Crippen LogP contribution in [0.1, 0.15) is 37.0 Å². The van der Waals surface area contributed by atoms with Gasteiger partial charge in [0.15, 0.2) is 5.82 Å². The summed E-state index contributed by atoms with van der Waals surface area (Å²) < 4.78 is 20.6. The molecule has 1 heterocycles. The molecular weight excluding hydrogens is 391 g/mol. The maximum Gasteiger partial charge on any atom is 0.412 e. The zero-order valence-corrected chi connectivity index (χ0v) is 16.9. The molecule has 156 valence electrons. The summed E-state index contributed by atoms with van der Waals surface area (Å²) in [6, 6.07) is 10.4. The van der Waals surface area contributed by atoms with Crippen LogP contribution in [0.4, 0.5) is 20.6 Å². The Kier molecular flexibility index (Phi) is 5.77. The number of benzene rings is 2. The minimum atomic E-state index is -0.642. The van der Waals surface area contributed by atoms with Gasteiger partial charge >= 0.3 is 6.09 Å². The standard InChI is InChI=1S/C20H21FN6O3/c1-12-24-25-26-27(12)17-11-15(8-9-16(17)21)22-18(28)13-6-5-7-14(10-13)23-19(29)30-20(2,3)4/h5-11H,1-4H3,(H,22,28)(H,23,29). The Bertz CT molecular complexity index is 1090. The van der Waals surface area contributed by atoms with Crippen LogP contribution in [0.15, 0.2) is 42.5 Å².